The highest BCUT2D eigenvalue weighted by Gasteiger charge is 2.05. The van der Waals surface area contributed by atoms with Gasteiger partial charge in [0.15, 0.2) is 0 Å². The van der Waals surface area contributed by atoms with Crippen LogP contribution in [0.15, 0.2) is 34.1 Å². The average molecular weight is 250 g/mol. The van der Waals surface area contributed by atoms with Crippen molar-refractivity contribution in [3.05, 3.63) is 50.9 Å². The Morgan fingerprint density at radius 3 is 2.82 bits per heavy atom. The van der Waals surface area contributed by atoms with Gasteiger partial charge in [-0.2, -0.15) is 0 Å². The molecule has 0 aliphatic carbocycles. The molecule has 88 valence electrons. The van der Waals surface area contributed by atoms with Crippen LogP contribution < -0.4 is 5.56 Å². The van der Waals surface area contributed by atoms with Gasteiger partial charge < -0.3 is 0 Å². The fourth-order valence-electron chi connectivity index (χ4n) is 1.55. The second-order valence-electron chi connectivity index (χ2n) is 3.75. The molecule has 17 heavy (non-hydrogen) atoms. The van der Waals surface area contributed by atoms with Gasteiger partial charge in [-0.15, -0.1) is 0 Å². The molecule has 0 fully saturated rings. The molecule has 0 spiro atoms. The average Bonchev–Trinajstić information content (AvgIpc) is 2.51. The molecular formula is C12H12ClN3O. The lowest BCUT2D eigenvalue weighted by Gasteiger charge is -1.93. The lowest BCUT2D eigenvalue weighted by atomic mass is 10.3. The number of hydrogen-bond donors (Lipinski definition) is 1. The number of hydrogen-bond acceptors (Lipinski definition) is 2. The number of aliphatic imine (C=N–C) groups is 1. The van der Waals surface area contributed by atoms with Gasteiger partial charge in [0.05, 0.1) is 11.3 Å². The van der Waals surface area contributed by atoms with E-state index in [1.54, 1.807) is 25.4 Å². The zero-order valence-corrected chi connectivity index (χ0v) is 10.3. The Morgan fingerprint density at radius 1 is 1.47 bits per heavy atom. The first-order valence-electron chi connectivity index (χ1n) is 5.13. The third-order valence-electron chi connectivity index (χ3n) is 2.43. The molecule has 0 unspecified atom stereocenters. The van der Waals surface area contributed by atoms with Gasteiger partial charge in [0.2, 0.25) is 0 Å². The van der Waals surface area contributed by atoms with Crippen LogP contribution in [0.5, 0.6) is 0 Å². The minimum Gasteiger partial charge on any atom is -0.300 e. The van der Waals surface area contributed by atoms with Crippen molar-refractivity contribution >= 4 is 23.5 Å². The first-order valence-corrected chi connectivity index (χ1v) is 5.51. The summed E-state index contributed by atoms with van der Waals surface area (Å²) in [4.78, 5) is 15.9. The van der Waals surface area contributed by atoms with E-state index in [-0.39, 0.29) is 5.56 Å². The van der Waals surface area contributed by atoms with Crippen LogP contribution in [-0.4, -0.2) is 16.0 Å². The van der Waals surface area contributed by atoms with E-state index in [1.807, 2.05) is 19.1 Å². The molecule has 0 aliphatic heterocycles. The Balaban J connectivity index is 2.35. The summed E-state index contributed by atoms with van der Waals surface area (Å²) in [6.07, 6.45) is 1.56. The number of benzene rings is 1. The number of nitrogens with zero attached hydrogens (tertiary/aromatic N) is 2. The molecule has 1 aromatic heterocycles. The molecule has 0 atom stereocenters. The smallest absolute Gasteiger partial charge is 0.275 e. The molecular weight excluding hydrogens is 238 g/mol. The van der Waals surface area contributed by atoms with Crippen molar-refractivity contribution in [1.29, 1.82) is 0 Å². The van der Waals surface area contributed by atoms with Crippen LogP contribution in [0.3, 0.4) is 0 Å². The molecule has 0 saturated heterocycles. The SMILES string of the molecule is Cc1[nH]n(C)c(=O)c1C=Nc1cccc(Cl)c1. The summed E-state index contributed by atoms with van der Waals surface area (Å²) in [6.45, 7) is 1.83. The van der Waals surface area contributed by atoms with Gasteiger partial charge in [-0.05, 0) is 25.1 Å². The Kier molecular flexibility index (Phi) is 3.15. The zero-order valence-electron chi connectivity index (χ0n) is 9.57. The second-order valence-corrected chi connectivity index (χ2v) is 4.19. The molecule has 0 aliphatic rings. The predicted octanol–water partition coefficient (Wildman–Crippen LogP) is 2.43. The van der Waals surface area contributed by atoms with Crippen molar-refractivity contribution in [2.45, 2.75) is 6.92 Å². The summed E-state index contributed by atoms with van der Waals surface area (Å²) in [7, 11) is 1.67. The van der Waals surface area contributed by atoms with Gasteiger partial charge in [0.25, 0.3) is 5.56 Å². The van der Waals surface area contributed by atoms with Crippen LogP contribution in [0.4, 0.5) is 5.69 Å². The number of aromatic nitrogens is 2. The molecule has 1 N–H and O–H groups in total. The Hall–Kier alpha value is -1.81. The van der Waals surface area contributed by atoms with Crippen LogP contribution in [0.25, 0.3) is 0 Å². The monoisotopic (exact) mass is 249 g/mol. The fraction of sp³-hybridized carbons (Fsp3) is 0.167. The molecule has 1 heterocycles. The quantitative estimate of drug-likeness (QED) is 0.817. The topological polar surface area (TPSA) is 50.1 Å². The number of aryl methyl sites for hydroxylation is 2. The van der Waals surface area contributed by atoms with E-state index in [0.29, 0.717) is 10.6 Å². The zero-order chi connectivity index (χ0) is 12.4. The van der Waals surface area contributed by atoms with Crippen molar-refractivity contribution in [1.82, 2.24) is 9.78 Å². The highest BCUT2D eigenvalue weighted by atomic mass is 35.5. The third-order valence-corrected chi connectivity index (χ3v) is 2.66. The molecule has 4 nitrogen and oxygen atoms in total. The number of rotatable bonds is 2. The highest BCUT2D eigenvalue weighted by molar-refractivity contribution is 6.30. The summed E-state index contributed by atoms with van der Waals surface area (Å²) >= 11 is 5.85. The maximum absolute atomic E-state index is 11.7. The standard InChI is InChI=1S/C12H12ClN3O/c1-8-11(12(17)16(2)15-8)7-14-10-5-3-4-9(13)6-10/h3-7,15H,1-2H3. The van der Waals surface area contributed by atoms with Crippen molar-refractivity contribution in [3.8, 4) is 0 Å². The summed E-state index contributed by atoms with van der Waals surface area (Å²) in [5.41, 5.74) is 1.99. The molecule has 0 bridgehead atoms. The minimum absolute atomic E-state index is 0.0896. The minimum atomic E-state index is -0.0896. The number of H-pyrrole nitrogens is 1. The predicted molar refractivity (Wildman–Crippen MR) is 69.5 cm³/mol. The Morgan fingerprint density at radius 2 is 2.24 bits per heavy atom. The van der Waals surface area contributed by atoms with Gasteiger partial charge >= 0.3 is 0 Å². The van der Waals surface area contributed by atoms with Crippen LogP contribution >= 0.6 is 11.6 Å². The largest absolute Gasteiger partial charge is 0.300 e. The normalized spacial score (nSPS) is 11.2. The van der Waals surface area contributed by atoms with Crippen LogP contribution in [0.2, 0.25) is 5.02 Å². The van der Waals surface area contributed by atoms with E-state index >= 15 is 0 Å². The van der Waals surface area contributed by atoms with E-state index in [1.165, 1.54) is 4.68 Å². The number of halogens is 1. The maximum atomic E-state index is 11.7. The summed E-state index contributed by atoms with van der Waals surface area (Å²) in [5.74, 6) is 0. The van der Waals surface area contributed by atoms with Crippen LogP contribution in [0, 0.1) is 6.92 Å². The van der Waals surface area contributed by atoms with Crippen LogP contribution in [0.1, 0.15) is 11.3 Å². The molecule has 0 amide bonds. The Labute approximate surface area is 104 Å². The van der Waals surface area contributed by atoms with Crippen molar-refractivity contribution in [3.63, 3.8) is 0 Å². The van der Waals surface area contributed by atoms with Gasteiger partial charge in [-0.1, -0.05) is 17.7 Å². The van der Waals surface area contributed by atoms with E-state index in [4.69, 9.17) is 11.6 Å². The number of aromatic amines is 1. The molecule has 1 aromatic carbocycles. The molecule has 2 rings (SSSR count). The van der Waals surface area contributed by atoms with E-state index in [9.17, 15) is 4.79 Å². The summed E-state index contributed by atoms with van der Waals surface area (Å²) in [6, 6.07) is 7.16. The summed E-state index contributed by atoms with van der Waals surface area (Å²) < 4.78 is 1.43. The van der Waals surface area contributed by atoms with Crippen molar-refractivity contribution < 1.29 is 0 Å². The van der Waals surface area contributed by atoms with Gasteiger partial charge in [0.1, 0.15) is 0 Å². The molecule has 5 heteroatoms. The summed E-state index contributed by atoms with van der Waals surface area (Å²) in [5, 5.41) is 3.53. The second kappa shape index (κ2) is 4.59. The van der Waals surface area contributed by atoms with Gasteiger partial charge in [0, 0.05) is 24.0 Å². The first-order chi connectivity index (χ1) is 8.08. The first kappa shape index (κ1) is 11.7. The molecule has 0 radical (unpaired) electrons. The lowest BCUT2D eigenvalue weighted by molar-refractivity contribution is 0.731. The molecule has 0 saturated carbocycles. The lowest BCUT2D eigenvalue weighted by Crippen LogP contribution is -2.14. The van der Waals surface area contributed by atoms with E-state index < -0.39 is 0 Å². The van der Waals surface area contributed by atoms with Gasteiger partial charge in [-0.3, -0.25) is 19.6 Å². The highest BCUT2D eigenvalue weighted by Crippen LogP contribution is 2.17. The molecule has 2 aromatic rings. The van der Waals surface area contributed by atoms with Crippen molar-refractivity contribution in [2.24, 2.45) is 12.0 Å². The fourth-order valence-corrected chi connectivity index (χ4v) is 1.74. The number of nitrogens with one attached hydrogen (secondary N) is 1. The van der Waals surface area contributed by atoms with Crippen LogP contribution in [-0.2, 0) is 7.05 Å². The maximum Gasteiger partial charge on any atom is 0.275 e. The van der Waals surface area contributed by atoms with E-state index in [0.717, 1.165) is 11.4 Å². The van der Waals surface area contributed by atoms with Gasteiger partial charge in [-0.25, -0.2) is 0 Å². The van der Waals surface area contributed by atoms with E-state index in [2.05, 4.69) is 10.1 Å². The van der Waals surface area contributed by atoms with Crippen molar-refractivity contribution in [2.75, 3.05) is 0 Å². The Bertz CT molecular complexity index is 625. The third kappa shape index (κ3) is 2.47.